The Bertz CT molecular complexity index is 896. The number of methoxy groups -OCH3 is 1. The Morgan fingerprint density at radius 2 is 2.00 bits per heavy atom. The Labute approximate surface area is 152 Å². The summed E-state index contributed by atoms with van der Waals surface area (Å²) >= 11 is 7.35. The number of nitrogens with zero attached hydrogens (tertiary/aromatic N) is 2. The molecule has 3 aromatic rings. The highest BCUT2D eigenvalue weighted by Crippen LogP contribution is 2.33. The molecule has 1 aromatic heterocycles. The van der Waals surface area contributed by atoms with E-state index >= 15 is 0 Å². The zero-order valence-corrected chi connectivity index (χ0v) is 14.6. The highest BCUT2D eigenvalue weighted by molar-refractivity contribution is 7.98. The van der Waals surface area contributed by atoms with Gasteiger partial charge >= 0.3 is 0 Å². The molecule has 3 rings (SSSR count). The van der Waals surface area contributed by atoms with Gasteiger partial charge in [-0.1, -0.05) is 47.6 Å². The van der Waals surface area contributed by atoms with Crippen LogP contribution in [0.3, 0.4) is 0 Å². The van der Waals surface area contributed by atoms with Gasteiger partial charge in [-0.3, -0.25) is 0 Å². The fourth-order valence-corrected chi connectivity index (χ4v) is 3.00. The van der Waals surface area contributed by atoms with Gasteiger partial charge in [0.05, 0.1) is 18.6 Å². The molecular weight excluding hydrogens is 364 g/mol. The molecule has 0 N–H and O–H groups in total. The standard InChI is InChI=1S/C17H13ClN2O4S/c1-23-14-7-6-12(18)8-13(14)15-19-20-17(24-15)25-9-10-2-4-11(5-3-10)16(21)22/h2-8H,9H2,1H3,(H,21,22)/p-1. The molecule has 0 aliphatic rings. The van der Waals surface area contributed by atoms with Crippen LogP contribution in [-0.4, -0.2) is 23.3 Å². The molecule has 0 spiro atoms. The third-order valence-corrected chi connectivity index (χ3v) is 4.48. The minimum atomic E-state index is -1.20. The molecule has 128 valence electrons. The molecule has 0 aliphatic carbocycles. The number of hydrogen-bond donors (Lipinski definition) is 0. The lowest BCUT2D eigenvalue weighted by molar-refractivity contribution is -0.255. The van der Waals surface area contributed by atoms with Crippen molar-refractivity contribution in [3.8, 4) is 17.2 Å². The highest BCUT2D eigenvalue weighted by Gasteiger charge is 2.14. The second-order valence-electron chi connectivity index (χ2n) is 4.99. The lowest BCUT2D eigenvalue weighted by atomic mass is 10.1. The van der Waals surface area contributed by atoms with Crippen LogP contribution in [0.2, 0.25) is 5.02 Å². The molecule has 0 atom stereocenters. The number of carboxylic acid groups (broad SMARTS) is 1. The van der Waals surface area contributed by atoms with Gasteiger partial charge in [0.2, 0.25) is 0 Å². The number of rotatable bonds is 6. The van der Waals surface area contributed by atoms with Crippen LogP contribution in [0.1, 0.15) is 15.9 Å². The number of carbonyl (C=O) groups is 1. The SMILES string of the molecule is COc1ccc(Cl)cc1-c1nnc(SCc2ccc(C(=O)[O-])cc2)o1. The molecule has 1 heterocycles. The van der Waals surface area contributed by atoms with Crippen LogP contribution < -0.4 is 9.84 Å². The molecule has 0 aliphatic heterocycles. The van der Waals surface area contributed by atoms with Crippen molar-refractivity contribution < 1.29 is 19.1 Å². The maximum absolute atomic E-state index is 10.7. The number of benzene rings is 2. The predicted molar refractivity (Wildman–Crippen MR) is 91.6 cm³/mol. The summed E-state index contributed by atoms with van der Waals surface area (Å²) in [6.45, 7) is 0. The molecule has 0 bridgehead atoms. The summed E-state index contributed by atoms with van der Waals surface area (Å²) in [4.78, 5) is 10.7. The van der Waals surface area contributed by atoms with Crippen molar-refractivity contribution in [3.05, 3.63) is 58.6 Å². The van der Waals surface area contributed by atoms with Gasteiger partial charge in [-0.25, -0.2) is 0 Å². The highest BCUT2D eigenvalue weighted by atomic mass is 35.5. The molecule has 0 saturated carbocycles. The monoisotopic (exact) mass is 375 g/mol. The van der Waals surface area contributed by atoms with Crippen molar-refractivity contribution in [2.24, 2.45) is 0 Å². The van der Waals surface area contributed by atoms with E-state index in [9.17, 15) is 9.90 Å². The van der Waals surface area contributed by atoms with Crippen molar-refractivity contribution in [3.63, 3.8) is 0 Å². The first kappa shape index (κ1) is 17.3. The summed E-state index contributed by atoms with van der Waals surface area (Å²) in [7, 11) is 1.55. The van der Waals surface area contributed by atoms with E-state index in [2.05, 4.69) is 10.2 Å². The van der Waals surface area contributed by atoms with E-state index in [0.717, 1.165) is 5.56 Å². The van der Waals surface area contributed by atoms with Crippen molar-refractivity contribution in [1.29, 1.82) is 0 Å². The maximum Gasteiger partial charge on any atom is 0.277 e. The largest absolute Gasteiger partial charge is 0.545 e. The number of halogens is 1. The van der Waals surface area contributed by atoms with Gasteiger partial charge in [-0.15, -0.1) is 10.2 Å². The van der Waals surface area contributed by atoms with Gasteiger partial charge in [-0.05, 0) is 29.3 Å². The van der Waals surface area contributed by atoms with Crippen LogP contribution in [0.25, 0.3) is 11.5 Å². The summed E-state index contributed by atoms with van der Waals surface area (Å²) in [5.41, 5.74) is 1.68. The van der Waals surface area contributed by atoms with Gasteiger partial charge in [0.15, 0.2) is 0 Å². The third-order valence-electron chi connectivity index (χ3n) is 3.35. The second kappa shape index (κ2) is 7.58. The predicted octanol–water partition coefficient (Wildman–Crippen LogP) is 3.05. The van der Waals surface area contributed by atoms with E-state index in [0.29, 0.717) is 33.2 Å². The van der Waals surface area contributed by atoms with Crippen LogP contribution in [0, 0.1) is 0 Å². The average molecular weight is 376 g/mol. The lowest BCUT2D eigenvalue weighted by Crippen LogP contribution is -2.21. The van der Waals surface area contributed by atoms with E-state index in [-0.39, 0.29) is 5.56 Å². The number of hydrogen-bond acceptors (Lipinski definition) is 7. The summed E-state index contributed by atoms with van der Waals surface area (Å²) in [5, 5.41) is 19.7. The molecule has 0 fully saturated rings. The van der Waals surface area contributed by atoms with Crippen LogP contribution >= 0.6 is 23.4 Å². The summed E-state index contributed by atoms with van der Waals surface area (Å²) in [5.74, 6) is 0.259. The van der Waals surface area contributed by atoms with Crippen LogP contribution in [0.15, 0.2) is 52.1 Å². The Balaban J connectivity index is 1.72. The molecule has 25 heavy (non-hydrogen) atoms. The minimum absolute atomic E-state index is 0.141. The third kappa shape index (κ3) is 4.12. The molecule has 0 unspecified atom stereocenters. The normalized spacial score (nSPS) is 10.6. The van der Waals surface area contributed by atoms with E-state index in [1.807, 2.05) is 0 Å². The Morgan fingerprint density at radius 1 is 1.24 bits per heavy atom. The zero-order chi connectivity index (χ0) is 17.8. The minimum Gasteiger partial charge on any atom is -0.545 e. The number of ether oxygens (including phenoxy) is 1. The summed E-state index contributed by atoms with van der Waals surface area (Å²) < 4.78 is 10.9. The van der Waals surface area contributed by atoms with E-state index in [4.69, 9.17) is 20.8 Å². The van der Waals surface area contributed by atoms with Gasteiger partial charge in [0.25, 0.3) is 11.1 Å². The number of carboxylic acids is 1. The van der Waals surface area contributed by atoms with Gasteiger partial charge < -0.3 is 19.1 Å². The van der Waals surface area contributed by atoms with Crippen LogP contribution in [0.5, 0.6) is 5.75 Å². The van der Waals surface area contributed by atoms with Gasteiger partial charge in [0, 0.05) is 10.8 Å². The summed E-state index contributed by atoms with van der Waals surface area (Å²) in [6.07, 6.45) is 0. The molecule has 0 radical (unpaired) electrons. The van der Waals surface area contributed by atoms with E-state index in [1.54, 1.807) is 37.4 Å². The zero-order valence-electron chi connectivity index (χ0n) is 13.1. The van der Waals surface area contributed by atoms with Gasteiger partial charge in [-0.2, -0.15) is 0 Å². The number of aromatic carboxylic acids is 1. The number of thioether (sulfide) groups is 1. The smallest absolute Gasteiger partial charge is 0.277 e. The number of carbonyl (C=O) groups excluding carboxylic acids is 1. The first-order valence-electron chi connectivity index (χ1n) is 7.17. The van der Waals surface area contributed by atoms with Crippen molar-refractivity contribution in [2.45, 2.75) is 11.0 Å². The fraction of sp³-hybridized carbons (Fsp3) is 0.118. The maximum atomic E-state index is 10.7. The van der Waals surface area contributed by atoms with Crippen molar-refractivity contribution in [1.82, 2.24) is 10.2 Å². The van der Waals surface area contributed by atoms with E-state index < -0.39 is 5.97 Å². The molecule has 8 heteroatoms. The Kier molecular flexibility index (Phi) is 5.25. The van der Waals surface area contributed by atoms with Crippen molar-refractivity contribution >= 4 is 29.3 Å². The molecule has 2 aromatic carbocycles. The molecular formula is C17H12ClN2O4S-. The lowest BCUT2D eigenvalue weighted by Gasteiger charge is -2.05. The summed E-state index contributed by atoms with van der Waals surface area (Å²) in [6, 6.07) is 11.6. The molecule has 0 saturated heterocycles. The first-order valence-corrected chi connectivity index (χ1v) is 8.53. The Hall–Kier alpha value is -2.51. The molecule has 6 nitrogen and oxygen atoms in total. The Morgan fingerprint density at radius 3 is 2.68 bits per heavy atom. The topological polar surface area (TPSA) is 88.3 Å². The van der Waals surface area contributed by atoms with Crippen molar-refractivity contribution in [2.75, 3.05) is 7.11 Å². The van der Waals surface area contributed by atoms with Crippen LogP contribution in [0.4, 0.5) is 0 Å². The quantitative estimate of drug-likeness (QED) is 0.612. The number of aromatic nitrogens is 2. The molecule has 0 amide bonds. The van der Waals surface area contributed by atoms with Crippen LogP contribution in [-0.2, 0) is 5.75 Å². The fourth-order valence-electron chi connectivity index (χ4n) is 2.11. The second-order valence-corrected chi connectivity index (χ2v) is 6.35. The average Bonchev–Trinajstić information content (AvgIpc) is 3.09. The van der Waals surface area contributed by atoms with Gasteiger partial charge in [0.1, 0.15) is 5.75 Å². The van der Waals surface area contributed by atoms with E-state index in [1.165, 1.54) is 23.9 Å². The first-order chi connectivity index (χ1) is 12.1.